The lowest BCUT2D eigenvalue weighted by atomic mass is 10.2. The van der Waals surface area contributed by atoms with Crippen molar-refractivity contribution in [3.63, 3.8) is 0 Å². The highest BCUT2D eigenvalue weighted by Gasteiger charge is 2.22. The van der Waals surface area contributed by atoms with Crippen molar-refractivity contribution in [2.45, 2.75) is 6.43 Å². The molecule has 3 nitrogen and oxygen atoms in total. The van der Waals surface area contributed by atoms with E-state index in [1.54, 1.807) is 0 Å². The van der Waals surface area contributed by atoms with E-state index in [4.69, 9.17) is 11.6 Å². The minimum absolute atomic E-state index is 0.0996. The zero-order chi connectivity index (χ0) is 11.6. The number of pyridine rings is 1. The normalized spacial score (nSPS) is 10.5. The van der Waals surface area contributed by atoms with Gasteiger partial charge in [-0.2, -0.15) is 0 Å². The maximum atomic E-state index is 12.6. The first-order valence-corrected chi connectivity index (χ1v) is 4.87. The summed E-state index contributed by atoms with van der Waals surface area (Å²) in [5.74, 6) is -0.298. The van der Waals surface area contributed by atoms with Gasteiger partial charge in [0.15, 0.2) is 11.4 Å². The van der Waals surface area contributed by atoms with Crippen LogP contribution in [-0.2, 0) is 0 Å². The lowest BCUT2D eigenvalue weighted by molar-refractivity contribution is 0.107. The van der Waals surface area contributed by atoms with E-state index in [1.807, 2.05) is 0 Å². The number of nitrogens with zero attached hydrogens (tertiary/aromatic N) is 1. The smallest absolute Gasteiger partial charge is 0.274 e. The third-order valence-electron chi connectivity index (χ3n) is 1.60. The lowest BCUT2D eigenvalue weighted by Gasteiger charge is -2.10. The van der Waals surface area contributed by atoms with Gasteiger partial charge in [0.25, 0.3) is 11.7 Å². The molecule has 0 N–H and O–H groups in total. The minimum atomic E-state index is -2.77. The molecular weight excluding hydrogens is 295 g/mol. The van der Waals surface area contributed by atoms with Crippen LogP contribution >= 0.6 is 27.5 Å². The van der Waals surface area contributed by atoms with Crippen molar-refractivity contribution in [2.24, 2.45) is 0 Å². The molecule has 0 amide bonds. The Bertz CT molecular complexity index is 400. The number of methoxy groups -OCH3 is 1. The maximum absolute atomic E-state index is 12.6. The molecule has 0 aliphatic carbocycles. The van der Waals surface area contributed by atoms with Crippen molar-refractivity contribution in [3.05, 3.63) is 21.9 Å². The van der Waals surface area contributed by atoms with Gasteiger partial charge in [-0.3, -0.25) is 4.79 Å². The maximum Gasteiger partial charge on any atom is 0.274 e. The molecule has 0 aliphatic rings. The van der Waals surface area contributed by atoms with E-state index in [9.17, 15) is 13.6 Å². The Morgan fingerprint density at radius 2 is 2.27 bits per heavy atom. The van der Waals surface area contributed by atoms with Gasteiger partial charge in [0, 0.05) is 0 Å². The predicted octanol–water partition coefficient (Wildman–Crippen LogP) is 3.17. The molecule has 1 aromatic rings. The van der Waals surface area contributed by atoms with E-state index in [1.165, 1.54) is 7.11 Å². The van der Waals surface area contributed by atoms with Crippen LogP contribution in [0.4, 0.5) is 8.78 Å². The van der Waals surface area contributed by atoms with Crippen LogP contribution in [0, 0.1) is 0 Å². The molecule has 82 valence electrons. The highest BCUT2D eigenvalue weighted by Crippen LogP contribution is 2.33. The number of rotatable bonds is 3. The number of alkyl halides is 2. The van der Waals surface area contributed by atoms with E-state index in [0.717, 1.165) is 6.07 Å². The van der Waals surface area contributed by atoms with Gasteiger partial charge in [-0.25, -0.2) is 13.8 Å². The quantitative estimate of drug-likeness (QED) is 0.636. The van der Waals surface area contributed by atoms with Crippen molar-refractivity contribution in [3.8, 4) is 5.75 Å². The first kappa shape index (κ1) is 12.3. The van der Waals surface area contributed by atoms with Crippen molar-refractivity contribution >= 4 is 32.8 Å². The molecule has 0 unspecified atom stereocenters. The second-order valence-corrected chi connectivity index (χ2v) is 3.65. The summed E-state index contributed by atoms with van der Waals surface area (Å²) in [5, 5.41) is -0.949. The number of carbonyl (C=O) groups is 1. The average Bonchev–Trinajstić information content (AvgIpc) is 2.16. The Morgan fingerprint density at radius 1 is 1.67 bits per heavy atom. The Hall–Kier alpha value is -0.750. The molecule has 0 aromatic carbocycles. The monoisotopic (exact) mass is 299 g/mol. The average molecular weight is 300 g/mol. The second-order valence-electron chi connectivity index (χ2n) is 2.49. The van der Waals surface area contributed by atoms with Crippen LogP contribution in [0.1, 0.15) is 22.5 Å². The van der Waals surface area contributed by atoms with Crippen LogP contribution < -0.4 is 4.74 Å². The molecule has 1 heterocycles. The summed E-state index contributed by atoms with van der Waals surface area (Å²) in [6, 6.07) is 1.08. The Labute approximate surface area is 97.5 Å². The van der Waals surface area contributed by atoms with Gasteiger partial charge in [-0.15, -0.1) is 0 Å². The molecule has 0 atom stereocenters. The molecule has 0 saturated heterocycles. The summed E-state index contributed by atoms with van der Waals surface area (Å²) < 4.78 is 29.9. The fourth-order valence-corrected chi connectivity index (χ4v) is 1.58. The summed E-state index contributed by atoms with van der Waals surface area (Å²) in [6.45, 7) is 0. The Balaban J connectivity index is 3.45. The SMILES string of the molecule is COc1c(C(F)F)cc(Br)nc1C(=O)Cl. The zero-order valence-corrected chi connectivity index (χ0v) is 9.77. The minimum Gasteiger partial charge on any atom is -0.494 e. The van der Waals surface area contributed by atoms with Crippen LogP contribution in [0.2, 0.25) is 0 Å². The van der Waals surface area contributed by atoms with Crippen LogP contribution in [0.25, 0.3) is 0 Å². The molecule has 0 spiro atoms. The molecule has 0 radical (unpaired) electrons. The first-order valence-electron chi connectivity index (χ1n) is 3.69. The standard InChI is InChI=1S/C8H5BrClF2NO2/c1-15-6-3(8(11)12)2-4(9)13-5(6)7(10)14/h2,8H,1H3. The number of hydrogen-bond donors (Lipinski definition) is 0. The molecule has 1 aromatic heterocycles. The van der Waals surface area contributed by atoms with E-state index in [-0.39, 0.29) is 16.0 Å². The summed E-state index contributed by atoms with van der Waals surface area (Å²) in [5.41, 5.74) is -0.757. The van der Waals surface area contributed by atoms with Crippen LogP contribution in [-0.4, -0.2) is 17.3 Å². The van der Waals surface area contributed by atoms with E-state index < -0.39 is 17.2 Å². The third kappa shape index (κ3) is 2.63. The van der Waals surface area contributed by atoms with Crippen molar-refractivity contribution in [2.75, 3.05) is 7.11 Å². The van der Waals surface area contributed by atoms with Crippen molar-refractivity contribution < 1.29 is 18.3 Å². The fraction of sp³-hybridized carbons (Fsp3) is 0.250. The summed E-state index contributed by atoms with van der Waals surface area (Å²) in [7, 11) is 1.17. The van der Waals surface area contributed by atoms with E-state index in [2.05, 4.69) is 25.7 Å². The number of hydrogen-bond acceptors (Lipinski definition) is 3. The van der Waals surface area contributed by atoms with Gasteiger partial charge in [-0.05, 0) is 33.6 Å². The molecule has 0 bridgehead atoms. The molecule has 1 rings (SSSR count). The van der Waals surface area contributed by atoms with Crippen molar-refractivity contribution in [1.29, 1.82) is 0 Å². The van der Waals surface area contributed by atoms with Crippen molar-refractivity contribution in [1.82, 2.24) is 4.98 Å². The van der Waals surface area contributed by atoms with Gasteiger partial charge in [0.1, 0.15) is 4.60 Å². The Kier molecular flexibility index (Phi) is 3.98. The lowest BCUT2D eigenvalue weighted by Crippen LogP contribution is -2.04. The molecule has 0 fully saturated rings. The molecular formula is C8H5BrClF2NO2. The van der Waals surface area contributed by atoms with Crippen LogP contribution in [0.5, 0.6) is 5.75 Å². The van der Waals surface area contributed by atoms with Crippen LogP contribution in [0.15, 0.2) is 10.7 Å². The molecule has 0 aliphatic heterocycles. The topological polar surface area (TPSA) is 39.2 Å². The third-order valence-corrected chi connectivity index (χ3v) is 2.18. The largest absolute Gasteiger partial charge is 0.494 e. The molecule has 15 heavy (non-hydrogen) atoms. The predicted molar refractivity (Wildman–Crippen MR) is 53.6 cm³/mol. The van der Waals surface area contributed by atoms with Gasteiger partial charge in [-0.1, -0.05) is 0 Å². The zero-order valence-electron chi connectivity index (χ0n) is 7.43. The van der Waals surface area contributed by atoms with Gasteiger partial charge < -0.3 is 4.74 Å². The van der Waals surface area contributed by atoms with Crippen LogP contribution in [0.3, 0.4) is 0 Å². The van der Waals surface area contributed by atoms with E-state index >= 15 is 0 Å². The number of halogens is 4. The summed E-state index contributed by atoms with van der Waals surface area (Å²) in [4.78, 5) is 14.6. The number of carbonyl (C=O) groups excluding carboxylic acids is 1. The summed E-state index contributed by atoms with van der Waals surface area (Å²) in [6.07, 6.45) is -2.77. The van der Waals surface area contributed by atoms with Gasteiger partial charge >= 0.3 is 0 Å². The van der Waals surface area contributed by atoms with E-state index in [0.29, 0.717) is 0 Å². The number of aromatic nitrogens is 1. The molecule has 0 saturated carbocycles. The van der Waals surface area contributed by atoms with Gasteiger partial charge in [0.2, 0.25) is 0 Å². The molecule has 7 heteroatoms. The fourth-order valence-electron chi connectivity index (χ4n) is 1.03. The second kappa shape index (κ2) is 4.85. The Morgan fingerprint density at radius 3 is 2.67 bits per heavy atom. The highest BCUT2D eigenvalue weighted by atomic mass is 79.9. The first-order chi connectivity index (χ1) is 6.97. The highest BCUT2D eigenvalue weighted by molar-refractivity contribution is 9.10. The number of ether oxygens (including phenoxy) is 1. The van der Waals surface area contributed by atoms with Gasteiger partial charge in [0.05, 0.1) is 12.7 Å². The summed E-state index contributed by atoms with van der Waals surface area (Å²) >= 11 is 8.09.